The van der Waals surface area contributed by atoms with Gasteiger partial charge in [0.2, 0.25) is 0 Å². The second-order valence-corrected chi connectivity index (χ2v) is 8.54. The van der Waals surface area contributed by atoms with Gasteiger partial charge < -0.3 is 14.0 Å². The average molecular weight is 446 g/mol. The van der Waals surface area contributed by atoms with Crippen molar-refractivity contribution < 1.29 is 9.47 Å². The molecule has 0 N–H and O–H groups in total. The van der Waals surface area contributed by atoms with Gasteiger partial charge in [-0.1, -0.05) is 35.5 Å². The average Bonchev–Trinajstić information content (AvgIpc) is 3.34. The Morgan fingerprint density at radius 2 is 2.00 bits per heavy atom. The Bertz CT molecular complexity index is 1130. The van der Waals surface area contributed by atoms with E-state index in [-0.39, 0.29) is 0 Å². The first kappa shape index (κ1) is 20.2. The van der Waals surface area contributed by atoms with Gasteiger partial charge in [-0.15, -0.1) is 11.3 Å². The van der Waals surface area contributed by atoms with Gasteiger partial charge in [-0.2, -0.15) is 0 Å². The smallest absolute Gasteiger partial charge is 0.169 e. The van der Waals surface area contributed by atoms with E-state index in [9.17, 15) is 0 Å². The lowest BCUT2D eigenvalue weighted by Gasteiger charge is -2.07. The van der Waals surface area contributed by atoms with Crippen LogP contribution in [0.1, 0.15) is 5.69 Å². The summed E-state index contributed by atoms with van der Waals surface area (Å²) in [6.45, 7) is 1.36. The molecule has 2 aromatic carbocycles. The molecule has 0 atom stereocenters. The van der Waals surface area contributed by atoms with Crippen LogP contribution in [0.4, 0.5) is 0 Å². The van der Waals surface area contributed by atoms with Crippen molar-refractivity contribution >= 4 is 45.7 Å². The number of rotatable bonds is 8. The van der Waals surface area contributed by atoms with Crippen LogP contribution >= 0.6 is 34.7 Å². The summed E-state index contributed by atoms with van der Waals surface area (Å²) in [6.07, 6.45) is 0. The zero-order valence-electron chi connectivity index (χ0n) is 16.1. The fourth-order valence-corrected chi connectivity index (χ4v) is 5.10. The minimum atomic E-state index is 0.621. The van der Waals surface area contributed by atoms with E-state index in [1.807, 2.05) is 42.5 Å². The molecule has 0 aliphatic carbocycles. The van der Waals surface area contributed by atoms with Crippen LogP contribution < -0.4 is 4.74 Å². The van der Waals surface area contributed by atoms with E-state index in [2.05, 4.69) is 9.95 Å². The summed E-state index contributed by atoms with van der Waals surface area (Å²) < 4.78 is 12.9. The second-order valence-electron chi connectivity index (χ2n) is 6.30. The number of para-hydroxylation sites is 1. The summed E-state index contributed by atoms with van der Waals surface area (Å²) in [7, 11) is 3.39. The zero-order chi connectivity index (χ0) is 20.2. The quantitative estimate of drug-likeness (QED) is 0.323. The third-order valence-corrected chi connectivity index (χ3v) is 6.60. The second kappa shape index (κ2) is 9.17. The molecule has 5 nitrogen and oxygen atoms in total. The molecule has 0 saturated heterocycles. The molecule has 0 radical (unpaired) electrons. The van der Waals surface area contributed by atoms with Crippen molar-refractivity contribution in [3.8, 4) is 16.3 Å². The number of aromatic nitrogens is 3. The minimum Gasteiger partial charge on any atom is -0.496 e. The SMILES string of the molecule is COCCn1c(SCc2csc(-c3ccccc3OC)n2)nc2cc(Cl)ccc21. The lowest BCUT2D eigenvalue weighted by molar-refractivity contribution is 0.186. The summed E-state index contributed by atoms with van der Waals surface area (Å²) in [5.74, 6) is 1.56. The number of imidazole rings is 1. The Morgan fingerprint density at radius 1 is 1.14 bits per heavy atom. The van der Waals surface area contributed by atoms with Crippen molar-refractivity contribution in [1.82, 2.24) is 14.5 Å². The Labute approximate surface area is 182 Å². The van der Waals surface area contributed by atoms with Gasteiger partial charge in [0.25, 0.3) is 0 Å². The fraction of sp³-hybridized carbons (Fsp3) is 0.238. The van der Waals surface area contributed by atoms with Crippen LogP contribution in [0.3, 0.4) is 0 Å². The lowest BCUT2D eigenvalue weighted by Crippen LogP contribution is -2.05. The molecule has 2 aromatic heterocycles. The Kier molecular flexibility index (Phi) is 6.40. The van der Waals surface area contributed by atoms with Crippen LogP contribution in [-0.2, 0) is 17.0 Å². The lowest BCUT2D eigenvalue weighted by atomic mass is 10.2. The van der Waals surface area contributed by atoms with Crippen molar-refractivity contribution in [2.24, 2.45) is 0 Å². The van der Waals surface area contributed by atoms with Crippen molar-refractivity contribution in [2.45, 2.75) is 17.5 Å². The van der Waals surface area contributed by atoms with Crippen molar-refractivity contribution in [2.75, 3.05) is 20.8 Å². The molecule has 0 unspecified atom stereocenters. The van der Waals surface area contributed by atoms with E-state index in [1.165, 1.54) is 0 Å². The van der Waals surface area contributed by atoms with Gasteiger partial charge in [0, 0.05) is 29.8 Å². The number of hydrogen-bond acceptors (Lipinski definition) is 6. The molecule has 2 heterocycles. The third-order valence-electron chi connectivity index (χ3n) is 4.43. The van der Waals surface area contributed by atoms with Gasteiger partial charge in [0.05, 0.1) is 36.0 Å². The number of fused-ring (bicyclic) bond motifs is 1. The molecule has 0 spiro atoms. The maximum atomic E-state index is 6.14. The molecule has 0 aliphatic heterocycles. The summed E-state index contributed by atoms with van der Waals surface area (Å²) in [6, 6.07) is 13.7. The molecule has 0 aliphatic rings. The number of halogens is 1. The van der Waals surface area contributed by atoms with Crippen LogP contribution in [-0.4, -0.2) is 35.4 Å². The van der Waals surface area contributed by atoms with Crippen LogP contribution in [0.2, 0.25) is 5.02 Å². The Hall–Kier alpha value is -2.06. The zero-order valence-corrected chi connectivity index (χ0v) is 18.5. The highest BCUT2D eigenvalue weighted by Gasteiger charge is 2.14. The summed E-state index contributed by atoms with van der Waals surface area (Å²) >= 11 is 9.43. The van der Waals surface area contributed by atoms with E-state index in [1.54, 1.807) is 37.3 Å². The topological polar surface area (TPSA) is 49.2 Å². The molecular weight excluding hydrogens is 426 g/mol. The highest BCUT2D eigenvalue weighted by Crippen LogP contribution is 2.34. The molecule has 150 valence electrons. The molecule has 4 rings (SSSR count). The molecular formula is C21H20ClN3O2S2. The molecule has 0 amide bonds. The largest absolute Gasteiger partial charge is 0.496 e. The number of thioether (sulfide) groups is 1. The summed E-state index contributed by atoms with van der Waals surface area (Å²) in [4.78, 5) is 9.57. The predicted molar refractivity (Wildman–Crippen MR) is 120 cm³/mol. The van der Waals surface area contributed by atoms with Crippen LogP contribution in [0, 0.1) is 0 Å². The molecule has 0 bridgehead atoms. The van der Waals surface area contributed by atoms with Crippen LogP contribution in [0.15, 0.2) is 53.0 Å². The van der Waals surface area contributed by atoms with E-state index >= 15 is 0 Å². The van der Waals surface area contributed by atoms with Crippen LogP contribution in [0.25, 0.3) is 21.6 Å². The van der Waals surface area contributed by atoms with Gasteiger partial charge in [-0.05, 0) is 30.3 Å². The standard InChI is InChI=1S/C21H20ClN3O2S2/c1-26-10-9-25-18-8-7-14(22)11-17(18)24-21(25)29-13-15-12-28-20(23-15)16-5-3-4-6-19(16)27-2/h3-8,11-12H,9-10,13H2,1-2H3. The van der Waals surface area contributed by atoms with Crippen molar-refractivity contribution in [3.63, 3.8) is 0 Å². The van der Waals surface area contributed by atoms with Crippen molar-refractivity contribution in [1.29, 1.82) is 0 Å². The molecule has 4 aromatic rings. The number of hydrogen-bond donors (Lipinski definition) is 0. The number of methoxy groups -OCH3 is 2. The van der Waals surface area contributed by atoms with Gasteiger partial charge in [-0.25, -0.2) is 9.97 Å². The number of ether oxygens (including phenoxy) is 2. The summed E-state index contributed by atoms with van der Waals surface area (Å²) in [5, 5.41) is 4.67. The van der Waals surface area contributed by atoms with E-state index in [0.717, 1.165) is 50.5 Å². The Morgan fingerprint density at radius 3 is 2.83 bits per heavy atom. The normalized spacial score (nSPS) is 11.3. The van der Waals surface area contributed by atoms with Gasteiger partial charge >= 0.3 is 0 Å². The van der Waals surface area contributed by atoms with E-state index < -0.39 is 0 Å². The highest BCUT2D eigenvalue weighted by atomic mass is 35.5. The predicted octanol–water partition coefficient (Wildman–Crippen LogP) is 5.76. The maximum absolute atomic E-state index is 6.14. The summed E-state index contributed by atoms with van der Waals surface area (Å²) in [5.41, 5.74) is 3.98. The molecule has 0 fully saturated rings. The molecule has 0 saturated carbocycles. The first-order valence-corrected chi connectivity index (χ1v) is 11.3. The monoisotopic (exact) mass is 445 g/mol. The molecule has 29 heavy (non-hydrogen) atoms. The molecule has 8 heteroatoms. The first-order chi connectivity index (χ1) is 14.2. The van der Waals surface area contributed by atoms with Crippen LogP contribution in [0.5, 0.6) is 5.75 Å². The number of thiazole rings is 1. The van der Waals surface area contributed by atoms with E-state index in [0.29, 0.717) is 11.6 Å². The van der Waals surface area contributed by atoms with Gasteiger partial charge in [0.15, 0.2) is 5.16 Å². The van der Waals surface area contributed by atoms with Crippen molar-refractivity contribution in [3.05, 3.63) is 58.6 Å². The first-order valence-electron chi connectivity index (χ1n) is 9.05. The van der Waals surface area contributed by atoms with Gasteiger partial charge in [-0.3, -0.25) is 0 Å². The number of nitrogens with zero attached hydrogens (tertiary/aromatic N) is 3. The number of benzene rings is 2. The highest BCUT2D eigenvalue weighted by molar-refractivity contribution is 7.98. The minimum absolute atomic E-state index is 0.621. The van der Waals surface area contributed by atoms with Gasteiger partial charge in [0.1, 0.15) is 10.8 Å². The fourth-order valence-electron chi connectivity index (χ4n) is 3.05. The Balaban J connectivity index is 1.56. The maximum Gasteiger partial charge on any atom is 0.169 e. The third kappa shape index (κ3) is 4.43. The van der Waals surface area contributed by atoms with E-state index in [4.69, 9.17) is 31.0 Å².